The van der Waals surface area contributed by atoms with Gasteiger partial charge in [-0.15, -0.1) is 0 Å². The van der Waals surface area contributed by atoms with Crippen LogP contribution in [0.15, 0.2) is 182 Å². The van der Waals surface area contributed by atoms with Gasteiger partial charge in [-0.05, 0) is 98.3 Å². The Morgan fingerprint density at radius 1 is 0.510 bits per heavy atom. The maximum absolute atomic E-state index is 6.52. The van der Waals surface area contributed by atoms with Gasteiger partial charge in [0, 0.05) is 16.5 Å². The standard InChI is InChI=1S/C48H35N3/c1-2-3-22-43(49)44-30-42-41-29-35(27-28-45(41)51(46(42)31-50-44)36-16-8-5-9-17-36)48-39-20-12-10-18-37(39)47(38-19-11-13-21-40(38)48)34-25-23-33(24-26-34)32-14-6-4-7-15-32/h2-31H,49H2,1H3/b3-2-,43-22-. The molecule has 0 amide bonds. The molecule has 9 rings (SSSR count). The first-order chi connectivity index (χ1) is 25.2. The minimum atomic E-state index is 0.635. The Balaban J connectivity index is 1.30. The summed E-state index contributed by atoms with van der Waals surface area (Å²) in [6.07, 6.45) is 7.78. The van der Waals surface area contributed by atoms with Crippen LogP contribution in [0, 0.1) is 0 Å². The van der Waals surface area contributed by atoms with Crippen molar-refractivity contribution in [3.63, 3.8) is 0 Å². The van der Waals surface area contributed by atoms with E-state index in [-0.39, 0.29) is 0 Å². The number of hydrogen-bond donors (Lipinski definition) is 1. The second kappa shape index (κ2) is 12.6. The van der Waals surface area contributed by atoms with Crippen molar-refractivity contribution in [3.8, 4) is 39.1 Å². The molecular weight excluding hydrogens is 619 g/mol. The number of rotatable bonds is 6. The molecule has 2 heterocycles. The monoisotopic (exact) mass is 653 g/mol. The highest BCUT2D eigenvalue weighted by Gasteiger charge is 2.19. The number of nitrogens with two attached hydrogens (primary N) is 1. The van der Waals surface area contributed by atoms with E-state index in [0.717, 1.165) is 33.2 Å². The molecule has 51 heavy (non-hydrogen) atoms. The van der Waals surface area contributed by atoms with Crippen molar-refractivity contribution in [3.05, 3.63) is 188 Å². The summed E-state index contributed by atoms with van der Waals surface area (Å²) in [6.45, 7) is 1.98. The molecule has 2 N–H and O–H groups in total. The quantitative estimate of drug-likeness (QED) is 0.143. The zero-order valence-electron chi connectivity index (χ0n) is 28.3. The van der Waals surface area contributed by atoms with E-state index in [1.165, 1.54) is 54.9 Å². The minimum Gasteiger partial charge on any atom is -0.397 e. The van der Waals surface area contributed by atoms with E-state index >= 15 is 0 Å². The third-order valence-electron chi connectivity index (χ3n) is 9.93. The number of para-hydroxylation sites is 1. The van der Waals surface area contributed by atoms with E-state index < -0.39 is 0 Å². The molecular formula is C48H35N3. The van der Waals surface area contributed by atoms with Crippen LogP contribution in [0.1, 0.15) is 12.6 Å². The van der Waals surface area contributed by atoms with Crippen LogP contribution in [0.5, 0.6) is 0 Å². The van der Waals surface area contributed by atoms with Crippen LogP contribution in [-0.2, 0) is 0 Å². The van der Waals surface area contributed by atoms with Gasteiger partial charge in [-0.3, -0.25) is 4.98 Å². The SMILES string of the molecule is C/C=C\C=C(/N)c1cc2c3cc(-c4c5ccccc5c(-c5ccc(-c6ccccc6)cc5)c5ccccc45)ccc3n(-c3ccccc3)c2cn1. The highest BCUT2D eigenvalue weighted by Crippen LogP contribution is 2.45. The Kier molecular flexibility index (Phi) is 7.52. The average Bonchev–Trinajstić information content (AvgIpc) is 3.52. The number of fused-ring (bicyclic) bond motifs is 5. The van der Waals surface area contributed by atoms with Gasteiger partial charge in [0.25, 0.3) is 0 Å². The lowest BCUT2D eigenvalue weighted by molar-refractivity contribution is 1.16. The Bertz CT molecular complexity index is 2730. The molecule has 0 aliphatic heterocycles. The van der Waals surface area contributed by atoms with Crippen LogP contribution >= 0.6 is 0 Å². The second-order valence-corrected chi connectivity index (χ2v) is 12.9. The first-order valence-corrected chi connectivity index (χ1v) is 17.4. The van der Waals surface area contributed by atoms with E-state index in [9.17, 15) is 0 Å². The second-order valence-electron chi connectivity index (χ2n) is 12.9. The molecule has 0 fully saturated rings. The van der Waals surface area contributed by atoms with Crippen molar-refractivity contribution in [1.82, 2.24) is 9.55 Å². The number of nitrogens with zero attached hydrogens (tertiary/aromatic N) is 2. The van der Waals surface area contributed by atoms with Crippen LogP contribution in [0.3, 0.4) is 0 Å². The first kappa shape index (κ1) is 30.4. The van der Waals surface area contributed by atoms with E-state index in [0.29, 0.717) is 5.70 Å². The molecule has 7 aromatic carbocycles. The Hall–Kier alpha value is -6.71. The maximum atomic E-state index is 6.52. The third kappa shape index (κ3) is 5.19. The van der Waals surface area contributed by atoms with Crippen LogP contribution in [-0.4, -0.2) is 9.55 Å². The lowest BCUT2D eigenvalue weighted by atomic mass is 9.85. The Labute approximate surface area is 297 Å². The fourth-order valence-electron chi connectivity index (χ4n) is 7.58. The number of pyridine rings is 1. The van der Waals surface area contributed by atoms with Gasteiger partial charge in [-0.25, -0.2) is 0 Å². The van der Waals surface area contributed by atoms with Crippen molar-refractivity contribution >= 4 is 49.0 Å². The molecule has 3 heteroatoms. The van der Waals surface area contributed by atoms with Gasteiger partial charge in [0.05, 0.1) is 28.6 Å². The Morgan fingerprint density at radius 2 is 1.02 bits per heavy atom. The van der Waals surface area contributed by atoms with Gasteiger partial charge in [0.15, 0.2) is 0 Å². The smallest absolute Gasteiger partial charge is 0.0866 e. The van der Waals surface area contributed by atoms with E-state index in [1.54, 1.807) is 0 Å². The minimum absolute atomic E-state index is 0.635. The number of hydrogen-bond acceptors (Lipinski definition) is 2. The zero-order valence-corrected chi connectivity index (χ0v) is 28.3. The summed E-state index contributed by atoms with van der Waals surface area (Å²) in [7, 11) is 0. The average molecular weight is 654 g/mol. The molecule has 0 bridgehead atoms. The largest absolute Gasteiger partial charge is 0.397 e. The zero-order chi connectivity index (χ0) is 34.3. The van der Waals surface area contributed by atoms with Crippen molar-refractivity contribution in [2.45, 2.75) is 6.92 Å². The predicted molar refractivity (Wildman–Crippen MR) is 217 cm³/mol. The summed E-state index contributed by atoms with van der Waals surface area (Å²) in [6, 6.07) is 56.8. The van der Waals surface area contributed by atoms with Crippen molar-refractivity contribution in [2.24, 2.45) is 5.73 Å². The molecule has 3 nitrogen and oxygen atoms in total. The molecule has 0 saturated carbocycles. The van der Waals surface area contributed by atoms with Gasteiger partial charge in [0.2, 0.25) is 0 Å². The highest BCUT2D eigenvalue weighted by molar-refractivity contribution is 6.22. The van der Waals surface area contributed by atoms with Gasteiger partial charge in [-0.1, -0.05) is 140 Å². The fourth-order valence-corrected chi connectivity index (χ4v) is 7.58. The highest BCUT2D eigenvalue weighted by atomic mass is 15.0. The number of aromatic nitrogens is 2. The fraction of sp³-hybridized carbons (Fsp3) is 0.0208. The summed E-state index contributed by atoms with van der Waals surface area (Å²) in [5, 5.41) is 7.19. The molecule has 0 aliphatic carbocycles. The van der Waals surface area contributed by atoms with Crippen LogP contribution in [0.25, 0.3) is 88.1 Å². The van der Waals surface area contributed by atoms with Gasteiger partial charge in [-0.2, -0.15) is 0 Å². The van der Waals surface area contributed by atoms with Crippen molar-refractivity contribution < 1.29 is 0 Å². The Morgan fingerprint density at radius 3 is 1.65 bits per heavy atom. The molecule has 0 atom stereocenters. The first-order valence-electron chi connectivity index (χ1n) is 17.4. The molecule has 9 aromatic rings. The van der Waals surface area contributed by atoms with Crippen molar-refractivity contribution in [1.29, 1.82) is 0 Å². The lowest BCUT2D eigenvalue weighted by Crippen LogP contribution is -1.99. The van der Waals surface area contributed by atoms with Gasteiger partial charge < -0.3 is 10.3 Å². The topological polar surface area (TPSA) is 43.8 Å². The summed E-state index contributed by atoms with van der Waals surface area (Å²) in [5.74, 6) is 0. The van der Waals surface area contributed by atoms with E-state index in [2.05, 4.69) is 162 Å². The van der Waals surface area contributed by atoms with E-state index in [1.807, 2.05) is 31.3 Å². The molecule has 0 saturated heterocycles. The number of benzene rings is 7. The summed E-state index contributed by atoms with van der Waals surface area (Å²) in [5.41, 5.74) is 18.5. The lowest BCUT2D eigenvalue weighted by Gasteiger charge is -2.18. The molecule has 0 aliphatic rings. The summed E-state index contributed by atoms with van der Waals surface area (Å²) < 4.78 is 2.30. The van der Waals surface area contributed by atoms with Crippen LogP contribution in [0.4, 0.5) is 0 Å². The molecule has 0 radical (unpaired) electrons. The molecule has 242 valence electrons. The van der Waals surface area contributed by atoms with Crippen LogP contribution in [0.2, 0.25) is 0 Å². The van der Waals surface area contributed by atoms with Gasteiger partial charge in [0.1, 0.15) is 0 Å². The predicted octanol–water partition coefficient (Wildman–Crippen LogP) is 12.4. The number of allylic oxidation sites excluding steroid dienone is 3. The molecule has 0 spiro atoms. The third-order valence-corrected chi connectivity index (χ3v) is 9.93. The van der Waals surface area contributed by atoms with Crippen molar-refractivity contribution in [2.75, 3.05) is 0 Å². The van der Waals surface area contributed by atoms with E-state index in [4.69, 9.17) is 10.7 Å². The van der Waals surface area contributed by atoms with Gasteiger partial charge >= 0.3 is 0 Å². The normalized spacial score (nSPS) is 12.1. The summed E-state index contributed by atoms with van der Waals surface area (Å²) in [4.78, 5) is 4.82. The summed E-state index contributed by atoms with van der Waals surface area (Å²) >= 11 is 0. The molecule has 0 unspecified atom stereocenters. The maximum Gasteiger partial charge on any atom is 0.0866 e. The molecule has 2 aromatic heterocycles. The van der Waals surface area contributed by atoms with Crippen LogP contribution < -0.4 is 5.73 Å².